The Bertz CT molecular complexity index is 690. The van der Waals surface area contributed by atoms with Crippen molar-refractivity contribution in [1.29, 1.82) is 0 Å². The molecule has 0 saturated heterocycles. The highest BCUT2D eigenvalue weighted by Gasteiger charge is 2.28. The number of hydrogen-bond donors (Lipinski definition) is 1. The zero-order valence-electron chi connectivity index (χ0n) is 15.1. The van der Waals surface area contributed by atoms with Gasteiger partial charge < -0.3 is 14.8 Å². The molecule has 0 aromatic carbocycles. The molecule has 0 bridgehead atoms. The Morgan fingerprint density at radius 3 is 2.54 bits per heavy atom. The number of aryl methyl sites for hydroxylation is 1. The van der Waals surface area contributed by atoms with E-state index in [0.29, 0.717) is 10.6 Å². The van der Waals surface area contributed by atoms with Crippen LogP contribution in [0.4, 0.5) is 5.00 Å². The Hall–Kier alpha value is -1.89. The third kappa shape index (κ3) is 4.26. The summed E-state index contributed by atoms with van der Waals surface area (Å²) in [5, 5.41) is 3.27. The largest absolute Gasteiger partial charge is 0.462 e. The van der Waals surface area contributed by atoms with Crippen molar-refractivity contribution >= 4 is 34.2 Å². The molecule has 1 fully saturated rings. The zero-order chi connectivity index (χ0) is 18.5. The molecule has 1 heterocycles. The number of esters is 2. The Balaban J connectivity index is 1.66. The molecule has 1 N–H and O–H groups in total. The molecule has 0 atom stereocenters. The number of nitrogens with one attached hydrogen (secondary N) is 1. The Morgan fingerprint density at radius 1 is 1.08 bits per heavy atom. The minimum atomic E-state index is -0.416. The molecule has 7 heteroatoms. The van der Waals surface area contributed by atoms with E-state index in [0.717, 1.165) is 61.8 Å². The maximum absolute atomic E-state index is 12.4. The molecular formula is C19H25NO5S. The summed E-state index contributed by atoms with van der Waals surface area (Å²) < 4.78 is 10.3. The van der Waals surface area contributed by atoms with Crippen LogP contribution in [0.1, 0.15) is 66.2 Å². The fourth-order valence-electron chi connectivity index (χ4n) is 3.65. The SMILES string of the molecule is CCOC(=O)c1c(NC(=O)COC(=O)C2CCCC2)sc2c1CCCC2. The van der Waals surface area contributed by atoms with Crippen molar-refractivity contribution in [2.75, 3.05) is 18.5 Å². The van der Waals surface area contributed by atoms with E-state index in [9.17, 15) is 14.4 Å². The molecule has 0 radical (unpaired) electrons. The van der Waals surface area contributed by atoms with E-state index in [2.05, 4.69) is 5.32 Å². The number of rotatable bonds is 6. The van der Waals surface area contributed by atoms with Gasteiger partial charge in [0.1, 0.15) is 5.00 Å². The number of hydrogen-bond acceptors (Lipinski definition) is 6. The first-order chi connectivity index (χ1) is 12.6. The second kappa shape index (κ2) is 8.66. The lowest BCUT2D eigenvalue weighted by molar-refractivity contribution is -0.151. The molecule has 1 aromatic rings. The summed E-state index contributed by atoms with van der Waals surface area (Å²) in [7, 11) is 0. The summed E-state index contributed by atoms with van der Waals surface area (Å²) >= 11 is 1.43. The van der Waals surface area contributed by atoms with E-state index in [1.807, 2.05) is 0 Å². The maximum Gasteiger partial charge on any atom is 0.341 e. The molecule has 2 aliphatic carbocycles. The highest BCUT2D eigenvalue weighted by molar-refractivity contribution is 7.17. The standard InChI is InChI=1S/C19H25NO5S/c1-2-24-19(23)16-13-9-5-6-10-14(13)26-17(16)20-15(21)11-25-18(22)12-7-3-4-8-12/h12H,2-11H2,1H3,(H,20,21). The summed E-state index contributed by atoms with van der Waals surface area (Å²) in [6.45, 7) is 1.73. The van der Waals surface area contributed by atoms with Crippen LogP contribution in [0, 0.1) is 5.92 Å². The normalized spacial score (nSPS) is 16.8. The molecular weight excluding hydrogens is 354 g/mol. The van der Waals surface area contributed by atoms with Crippen LogP contribution in [0.25, 0.3) is 0 Å². The number of amides is 1. The van der Waals surface area contributed by atoms with Gasteiger partial charge in [0.15, 0.2) is 6.61 Å². The van der Waals surface area contributed by atoms with Crippen molar-refractivity contribution < 1.29 is 23.9 Å². The van der Waals surface area contributed by atoms with E-state index < -0.39 is 11.9 Å². The summed E-state index contributed by atoms with van der Waals surface area (Å²) in [6, 6.07) is 0. The first-order valence-electron chi connectivity index (χ1n) is 9.38. The minimum absolute atomic E-state index is 0.0769. The van der Waals surface area contributed by atoms with Crippen LogP contribution in [0.15, 0.2) is 0 Å². The van der Waals surface area contributed by atoms with Gasteiger partial charge in [-0.3, -0.25) is 9.59 Å². The van der Waals surface area contributed by atoms with Crippen LogP contribution in [0.2, 0.25) is 0 Å². The van der Waals surface area contributed by atoms with Crippen LogP contribution < -0.4 is 5.32 Å². The molecule has 1 saturated carbocycles. The molecule has 26 heavy (non-hydrogen) atoms. The smallest absolute Gasteiger partial charge is 0.341 e. The molecule has 3 rings (SSSR count). The minimum Gasteiger partial charge on any atom is -0.462 e. The fraction of sp³-hybridized carbons (Fsp3) is 0.632. The van der Waals surface area contributed by atoms with Gasteiger partial charge >= 0.3 is 11.9 Å². The van der Waals surface area contributed by atoms with Crippen molar-refractivity contribution in [3.05, 3.63) is 16.0 Å². The molecule has 142 valence electrons. The number of carbonyl (C=O) groups is 3. The molecule has 1 aromatic heterocycles. The molecule has 1 amide bonds. The van der Waals surface area contributed by atoms with Crippen molar-refractivity contribution in [2.24, 2.45) is 5.92 Å². The van der Waals surface area contributed by atoms with E-state index in [1.165, 1.54) is 11.3 Å². The van der Waals surface area contributed by atoms with Crippen molar-refractivity contribution in [3.8, 4) is 0 Å². The molecule has 2 aliphatic rings. The first kappa shape index (κ1) is 18.9. The maximum atomic E-state index is 12.4. The molecule has 0 spiro atoms. The van der Waals surface area contributed by atoms with Gasteiger partial charge in [-0.25, -0.2) is 4.79 Å². The summed E-state index contributed by atoms with van der Waals surface area (Å²) in [6.07, 6.45) is 7.61. The highest BCUT2D eigenvalue weighted by atomic mass is 32.1. The number of carbonyl (C=O) groups excluding carboxylic acids is 3. The monoisotopic (exact) mass is 379 g/mol. The third-order valence-corrected chi connectivity index (χ3v) is 6.15. The van der Waals surface area contributed by atoms with Gasteiger partial charge in [0.05, 0.1) is 18.1 Å². The van der Waals surface area contributed by atoms with E-state index in [4.69, 9.17) is 9.47 Å². The van der Waals surface area contributed by atoms with Crippen LogP contribution in [-0.4, -0.2) is 31.1 Å². The lowest BCUT2D eigenvalue weighted by atomic mass is 9.95. The van der Waals surface area contributed by atoms with Gasteiger partial charge in [-0.2, -0.15) is 0 Å². The second-order valence-corrected chi connectivity index (χ2v) is 7.88. The Morgan fingerprint density at radius 2 is 1.81 bits per heavy atom. The van der Waals surface area contributed by atoms with Crippen molar-refractivity contribution in [2.45, 2.75) is 58.3 Å². The van der Waals surface area contributed by atoms with Crippen LogP contribution in [0.5, 0.6) is 0 Å². The zero-order valence-corrected chi connectivity index (χ0v) is 15.9. The first-order valence-corrected chi connectivity index (χ1v) is 10.2. The van der Waals surface area contributed by atoms with Crippen LogP contribution in [-0.2, 0) is 31.9 Å². The average Bonchev–Trinajstić information content (AvgIpc) is 3.27. The Kier molecular flexibility index (Phi) is 6.29. The van der Waals surface area contributed by atoms with Gasteiger partial charge in [0, 0.05) is 4.88 Å². The summed E-state index contributed by atoms with van der Waals surface area (Å²) in [5.74, 6) is -1.19. The number of thiophene rings is 1. The van der Waals surface area contributed by atoms with Gasteiger partial charge in [-0.15, -0.1) is 11.3 Å². The van der Waals surface area contributed by atoms with Crippen LogP contribution >= 0.6 is 11.3 Å². The number of ether oxygens (including phenoxy) is 2. The van der Waals surface area contributed by atoms with Gasteiger partial charge in [-0.1, -0.05) is 12.8 Å². The average molecular weight is 379 g/mol. The quantitative estimate of drug-likeness (QED) is 0.765. The van der Waals surface area contributed by atoms with Crippen molar-refractivity contribution in [3.63, 3.8) is 0 Å². The van der Waals surface area contributed by atoms with E-state index in [-0.39, 0.29) is 25.1 Å². The Labute approximate surface area is 157 Å². The number of fused-ring (bicyclic) bond motifs is 1. The fourth-order valence-corrected chi connectivity index (χ4v) is 4.95. The lowest BCUT2D eigenvalue weighted by Crippen LogP contribution is -2.24. The summed E-state index contributed by atoms with van der Waals surface area (Å²) in [5.41, 5.74) is 1.47. The predicted octanol–water partition coefficient (Wildman–Crippen LogP) is 3.48. The van der Waals surface area contributed by atoms with Gasteiger partial charge in [0.25, 0.3) is 5.91 Å². The molecule has 0 unspecified atom stereocenters. The highest BCUT2D eigenvalue weighted by Crippen LogP contribution is 2.38. The van der Waals surface area contributed by atoms with Crippen LogP contribution in [0.3, 0.4) is 0 Å². The lowest BCUT2D eigenvalue weighted by Gasteiger charge is -2.12. The topological polar surface area (TPSA) is 81.7 Å². The predicted molar refractivity (Wildman–Crippen MR) is 98.5 cm³/mol. The molecule has 6 nitrogen and oxygen atoms in total. The summed E-state index contributed by atoms with van der Waals surface area (Å²) in [4.78, 5) is 37.7. The van der Waals surface area contributed by atoms with Gasteiger partial charge in [0.2, 0.25) is 0 Å². The number of anilines is 1. The van der Waals surface area contributed by atoms with Gasteiger partial charge in [-0.05, 0) is 51.0 Å². The van der Waals surface area contributed by atoms with E-state index >= 15 is 0 Å². The second-order valence-electron chi connectivity index (χ2n) is 6.77. The third-order valence-electron chi connectivity index (χ3n) is 4.94. The van der Waals surface area contributed by atoms with E-state index in [1.54, 1.807) is 6.92 Å². The van der Waals surface area contributed by atoms with Crippen molar-refractivity contribution in [1.82, 2.24) is 0 Å². The molecule has 0 aliphatic heterocycles.